The summed E-state index contributed by atoms with van der Waals surface area (Å²) in [6, 6.07) is 0.655. The number of hydrogen-bond donors (Lipinski definition) is 1. The summed E-state index contributed by atoms with van der Waals surface area (Å²) in [5.74, 6) is -1.87. The lowest BCUT2D eigenvalue weighted by Gasteiger charge is -2.45. The molecule has 31 heavy (non-hydrogen) atoms. The second kappa shape index (κ2) is 8.01. The third-order valence-corrected chi connectivity index (χ3v) is 5.99. The van der Waals surface area contributed by atoms with Crippen molar-refractivity contribution in [2.24, 2.45) is 5.73 Å². The molecule has 2 fully saturated rings. The third kappa shape index (κ3) is 3.81. The molecule has 0 radical (unpaired) electrons. The van der Waals surface area contributed by atoms with Gasteiger partial charge >= 0.3 is 0 Å². The number of piperidine rings is 1. The molecule has 4 rings (SSSR count). The first-order chi connectivity index (χ1) is 14.7. The van der Waals surface area contributed by atoms with E-state index in [1.807, 2.05) is 0 Å². The lowest BCUT2D eigenvalue weighted by atomic mass is 9.89. The highest BCUT2D eigenvalue weighted by Gasteiger charge is 2.62. The zero-order valence-corrected chi connectivity index (χ0v) is 17.5. The molecule has 2 saturated heterocycles. The van der Waals surface area contributed by atoms with Crippen molar-refractivity contribution in [1.29, 1.82) is 0 Å². The van der Waals surface area contributed by atoms with Gasteiger partial charge in [-0.25, -0.2) is 23.8 Å². The van der Waals surface area contributed by atoms with Gasteiger partial charge in [0, 0.05) is 38.0 Å². The second-order valence-electron chi connectivity index (χ2n) is 7.34. The van der Waals surface area contributed by atoms with E-state index in [2.05, 4.69) is 19.9 Å². The minimum absolute atomic E-state index is 0.0186. The van der Waals surface area contributed by atoms with E-state index in [4.69, 9.17) is 10.6 Å². The van der Waals surface area contributed by atoms with Gasteiger partial charge in [-0.1, -0.05) is 9.24 Å². The second-order valence-corrected chi connectivity index (χ2v) is 8.26. The zero-order valence-electron chi connectivity index (χ0n) is 16.3. The van der Waals surface area contributed by atoms with Gasteiger partial charge in [-0.3, -0.25) is 24.4 Å². The van der Waals surface area contributed by atoms with Crippen LogP contribution in [0.1, 0.15) is 35.1 Å². The van der Waals surface area contributed by atoms with E-state index in [9.17, 15) is 9.59 Å². The monoisotopic (exact) mass is 451 g/mol. The van der Waals surface area contributed by atoms with Crippen molar-refractivity contribution in [2.75, 3.05) is 24.6 Å². The van der Waals surface area contributed by atoms with Crippen LogP contribution in [0.3, 0.4) is 0 Å². The zero-order chi connectivity index (χ0) is 22.2. The Morgan fingerprint density at radius 2 is 2.06 bits per heavy atom. The number of anilines is 1. The lowest BCUT2D eigenvalue weighted by Crippen LogP contribution is -2.64. The molecule has 2 amide bonds. The Balaban J connectivity index is 1.56. The van der Waals surface area contributed by atoms with Crippen LogP contribution in [0.5, 0.6) is 0 Å². The highest BCUT2D eigenvalue weighted by atomic mass is 31.0. The molecule has 4 unspecified atom stereocenters. The van der Waals surface area contributed by atoms with Crippen LogP contribution < -0.4 is 10.6 Å². The van der Waals surface area contributed by atoms with Gasteiger partial charge in [-0.15, -0.1) is 0 Å². The summed E-state index contributed by atoms with van der Waals surface area (Å²) in [6.07, 6.45) is 5.59. The van der Waals surface area contributed by atoms with E-state index in [-0.39, 0.29) is 24.8 Å². The summed E-state index contributed by atoms with van der Waals surface area (Å²) in [7, 11) is 1.79. The number of aromatic nitrogens is 4. The quantitative estimate of drug-likeness (QED) is 0.674. The van der Waals surface area contributed by atoms with Crippen LogP contribution in [0.4, 0.5) is 14.7 Å². The maximum absolute atomic E-state index is 15.9. The van der Waals surface area contributed by atoms with Gasteiger partial charge < -0.3 is 10.6 Å². The van der Waals surface area contributed by atoms with Crippen molar-refractivity contribution in [3.05, 3.63) is 42.2 Å². The number of primary amides is 1. The summed E-state index contributed by atoms with van der Waals surface area (Å²) < 4.78 is 31.6. The molecule has 4 heterocycles. The normalized spacial score (nSPS) is 28.5. The van der Waals surface area contributed by atoms with Gasteiger partial charge in [0.15, 0.2) is 5.41 Å². The number of carbonyl (C=O) groups excluding carboxylic acids is 2. The van der Waals surface area contributed by atoms with Gasteiger partial charge in [0.25, 0.3) is 11.8 Å². The van der Waals surface area contributed by atoms with Crippen LogP contribution in [0.25, 0.3) is 0 Å². The van der Waals surface area contributed by atoms with Crippen molar-refractivity contribution in [3.63, 3.8) is 0 Å². The molecule has 2 N–H and O–H groups in total. The number of rotatable bonds is 4. The predicted molar refractivity (Wildman–Crippen MR) is 107 cm³/mol. The Morgan fingerprint density at radius 3 is 2.74 bits per heavy atom. The molecular weight excluding hydrogens is 431 g/mol. The topological polar surface area (TPSA) is 127 Å². The summed E-state index contributed by atoms with van der Waals surface area (Å²) in [5, 5.41) is -1.81. The number of amides is 2. The fourth-order valence-corrected chi connectivity index (χ4v) is 4.16. The summed E-state index contributed by atoms with van der Waals surface area (Å²) in [6.45, 7) is -0.432. The summed E-state index contributed by atoms with van der Waals surface area (Å²) in [4.78, 5) is 47.3. The average molecular weight is 451 g/mol. The molecule has 4 atom stereocenters. The summed E-state index contributed by atoms with van der Waals surface area (Å²) in [5.41, 5.74) is 2.72. The van der Waals surface area contributed by atoms with Crippen LogP contribution in [0.2, 0.25) is 0 Å². The van der Waals surface area contributed by atoms with Gasteiger partial charge in [-0.2, -0.15) is 0 Å². The number of nitrogens with two attached hydrogens (primary N) is 1. The van der Waals surface area contributed by atoms with E-state index in [1.165, 1.54) is 35.8 Å². The first-order valence-corrected chi connectivity index (χ1v) is 10.1. The van der Waals surface area contributed by atoms with Crippen molar-refractivity contribution < 1.29 is 23.2 Å². The third-order valence-electron chi connectivity index (χ3n) is 5.35. The number of carbonyl (C=O) groups is 2. The molecule has 2 aliphatic rings. The lowest BCUT2D eigenvalue weighted by molar-refractivity contribution is -0.197. The molecule has 2 aromatic heterocycles. The molecule has 2 aliphatic heterocycles. The maximum atomic E-state index is 15.9. The van der Waals surface area contributed by atoms with E-state index in [1.54, 1.807) is 9.24 Å². The number of nitrogens with zero attached hydrogens (tertiary/aromatic N) is 6. The smallest absolute Gasteiger partial charge is 0.288 e. The van der Waals surface area contributed by atoms with E-state index >= 15 is 8.78 Å². The van der Waals surface area contributed by atoms with E-state index < -0.39 is 41.9 Å². The molecule has 0 saturated carbocycles. The fraction of sp³-hybridized carbons (Fsp3) is 0.444. The van der Waals surface area contributed by atoms with Crippen LogP contribution in [0.15, 0.2) is 30.9 Å². The van der Waals surface area contributed by atoms with Crippen LogP contribution in [-0.2, 0) is 9.63 Å². The molecule has 0 bridgehead atoms. The van der Waals surface area contributed by atoms with Crippen LogP contribution in [-0.4, -0.2) is 67.6 Å². The molecule has 2 aromatic rings. The summed E-state index contributed by atoms with van der Waals surface area (Å²) >= 11 is 0. The van der Waals surface area contributed by atoms with E-state index in [0.29, 0.717) is 12.1 Å². The molecule has 0 aromatic carbocycles. The average Bonchev–Trinajstić information content (AvgIpc) is 3.25. The standard InChI is InChI=1S/C18H20F2N7O3P/c19-17(15(29)27-13(2-8-30-27)12-9-22-5-6-23-12)3-7-26(10-18(17,20)31)16-24-4-1-11(25-16)14(21)28/h1,4-6,9,13H,2-3,7-8,10,31H2,(H2,21,28). The maximum Gasteiger partial charge on any atom is 0.288 e. The molecule has 0 spiro atoms. The number of hydrogen-bond acceptors (Lipinski definition) is 8. The van der Waals surface area contributed by atoms with Gasteiger partial charge in [0.2, 0.25) is 11.6 Å². The minimum atomic E-state index is -2.87. The van der Waals surface area contributed by atoms with Crippen molar-refractivity contribution in [1.82, 2.24) is 25.0 Å². The van der Waals surface area contributed by atoms with Crippen LogP contribution in [0, 0.1) is 0 Å². The molecule has 10 nitrogen and oxygen atoms in total. The number of alkyl halides is 2. The van der Waals surface area contributed by atoms with Crippen molar-refractivity contribution in [2.45, 2.75) is 30.0 Å². The predicted octanol–water partition coefficient (Wildman–Crippen LogP) is 0.730. The molecule has 13 heteroatoms. The minimum Gasteiger partial charge on any atom is -0.364 e. The Hall–Kier alpha value is -2.85. The SMILES string of the molecule is NC(=O)c1ccnc(N2CCC(F)(C(=O)N3OCCC3c3cnccn3)C(F)(P)C2)n1. The Morgan fingerprint density at radius 1 is 1.26 bits per heavy atom. The highest BCUT2D eigenvalue weighted by Crippen LogP contribution is 2.47. The Bertz CT molecular complexity index is 999. The molecule has 164 valence electrons. The van der Waals surface area contributed by atoms with E-state index in [0.717, 1.165) is 5.06 Å². The first kappa shape index (κ1) is 21.4. The molecular formula is C18H20F2N7O3P. The highest BCUT2D eigenvalue weighted by molar-refractivity contribution is 7.19. The fourth-order valence-electron chi connectivity index (χ4n) is 3.67. The van der Waals surface area contributed by atoms with Crippen LogP contribution >= 0.6 is 9.24 Å². The largest absolute Gasteiger partial charge is 0.364 e. The Labute approximate surface area is 178 Å². The Kier molecular flexibility index (Phi) is 5.52. The van der Waals surface area contributed by atoms with Gasteiger partial charge in [-0.05, 0) is 6.07 Å². The van der Waals surface area contributed by atoms with Crippen molar-refractivity contribution >= 4 is 27.0 Å². The van der Waals surface area contributed by atoms with Gasteiger partial charge in [0.1, 0.15) is 11.7 Å². The van der Waals surface area contributed by atoms with Crippen molar-refractivity contribution in [3.8, 4) is 0 Å². The first-order valence-electron chi connectivity index (χ1n) is 9.50. The number of hydroxylamine groups is 2. The van der Waals surface area contributed by atoms with Gasteiger partial charge in [0.05, 0.1) is 25.0 Å². The molecule has 0 aliphatic carbocycles. The number of halogens is 2.